The summed E-state index contributed by atoms with van der Waals surface area (Å²) in [5.74, 6) is 0.247. The molecule has 82 valence electrons. The molecule has 0 radical (unpaired) electrons. The topological polar surface area (TPSA) is 29.1 Å². The fourth-order valence-corrected chi connectivity index (χ4v) is 1.98. The van der Waals surface area contributed by atoms with E-state index in [-0.39, 0.29) is 5.91 Å². The predicted octanol–water partition coefficient (Wildman–Crippen LogP) is 2.87. The van der Waals surface area contributed by atoms with Crippen molar-refractivity contribution in [3.63, 3.8) is 0 Å². The molecule has 1 rings (SSSR count). The molecule has 0 aliphatic carbocycles. The predicted molar refractivity (Wildman–Crippen MR) is 59.1 cm³/mol. The first-order valence-electron chi connectivity index (χ1n) is 5.77. The first-order valence-corrected chi connectivity index (χ1v) is 5.77. The molecule has 1 fully saturated rings. The molecule has 0 aromatic carbocycles. The molecule has 1 aliphatic heterocycles. The zero-order chi connectivity index (χ0) is 10.6. The highest BCUT2D eigenvalue weighted by Gasteiger charge is 2.18. The first-order chi connectivity index (χ1) is 6.47. The summed E-state index contributed by atoms with van der Waals surface area (Å²) >= 11 is 0. The van der Waals surface area contributed by atoms with Crippen LogP contribution in [0, 0.1) is 5.41 Å². The summed E-state index contributed by atoms with van der Waals surface area (Å²) in [6.45, 7) is 6.81. The van der Waals surface area contributed by atoms with Crippen LogP contribution < -0.4 is 5.32 Å². The van der Waals surface area contributed by atoms with Crippen molar-refractivity contribution in [2.45, 2.75) is 65.3 Å². The van der Waals surface area contributed by atoms with Gasteiger partial charge in [0.05, 0.1) is 0 Å². The summed E-state index contributed by atoms with van der Waals surface area (Å²) in [7, 11) is 0. The lowest BCUT2D eigenvalue weighted by molar-refractivity contribution is -0.123. The van der Waals surface area contributed by atoms with Crippen LogP contribution in [-0.2, 0) is 4.79 Å². The smallest absolute Gasteiger partial charge is 0.220 e. The van der Waals surface area contributed by atoms with Crippen LogP contribution in [0.4, 0.5) is 0 Å². The van der Waals surface area contributed by atoms with E-state index < -0.39 is 0 Å². The highest BCUT2D eigenvalue weighted by molar-refractivity contribution is 5.76. The second kappa shape index (κ2) is 4.81. The van der Waals surface area contributed by atoms with Gasteiger partial charge in [0.25, 0.3) is 0 Å². The van der Waals surface area contributed by atoms with Gasteiger partial charge in [0.1, 0.15) is 0 Å². The van der Waals surface area contributed by atoms with Gasteiger partial charge in [-0.25, -0.2) is 0 Å². The molecule has 0 aromatic heterocycles. The molecule has 1 heterocycles. The fourth-order valence-electron chi connectivity index (χ4n) is 1.98. The summed E-state index contributed by atoms with van der Waals surface area (Å²) in [5.41, 5.74) is 0.429. The van der Waals surface area contributed by atoms with Crippen molar-refractivity contribution in [3.05, 3.63) is 0 Å². The lowest BCUT2D eigenvalue weighted by Gasteiger charge is -2.25. The van der Waals surface area contributed by atoms with Crippen molar-refractivity contribution >= 4 is 5.91 Å². The van der Waals surface area contributed by atoms with Crippen LogP contribution in [0.2, 0.25) is 0 Å². The Balaban J connectivity index is 2.15. The summed E-state index contributed by atoms with van der Waals surface area (Å²) < 4.78 is 0. The second-order valence-electron chi connectivity index (χ2n) is 5.61. The number of amides is 1. The Labute approximate surface area is 87.5 Å². The van der Waals surface area contributed by atoms with E-state index >= 15 is 0 Å². The summed E-state index contributed by atoms with van der Waals surface area (Å²) in [4.78, 5) is 11.1. The van der Waals surface area contributed by atoms with Gasteiger partial charge in [-0.3, -0.25) is 4.79 Å². The van der Waals surface area contributed by atoms with Gasteiger partial charge in [0.15, 0.2) is 0 Å². The molecule has 0 saturated carbocycles. The monoisotopic (exact) mass is 197 g/mol. The SMILES string of the molecule is CC(C)(C)CCC[C@H]1CCCC(=O)N1. The van der Waals surface area contributed by atoms with E-state index in [0.29, 0.717) is 11.5 Å². The Bertz CT molecular complexity index is 193. The van der Waals surface area contributed by atoms with E-state index in [2.05, 4.69) is 26.1 Å². The maximum Gasteiger partial charge on any atom is 0.220 e. The van der Waals surface area contributed by atoms with Crippen molar-refractivity contribution in [3.8, 4) is 0 Å². The standard InChI is InChI=1S/C12H23NO/c1-12(2,3)9-5-7-10-6-4-8-11(14)13-10/h10H,4-9H2,1-3H3,(H,13,14)/t10-/m1/s1. The number of nitrogens with one attached hydrogen (secondary N) is 1. The molecule has 0 spiro atoms. The van der Waals surface area contributed by atoms with Crippen LogP contribution in [0.25, 0.3) is 0 Å². The summed E-state index contributed by atoms with van der Waals surface area (Å²) in [6, 6.07) is 0.457. The van der Waals surface area contributed by atoms with Gasteiger partial charge in [-0.2, -0.15) is 0 Å². The van der Waals surface area contributed by atoms with Crippen LogP contribution in [0.1, 0.15) is 59.3 Å². The van der Waals surface area contributed by atoms with Crippen LogP contribution in [0.15, 0.2) is 0 Å². The van der Waals surface area contributed by atoms with Gasteiger partial charge in [-0.15, -0.1) is 0 Å². The lowest BCUT2D eigenvalue weighted by Crippen LogP contribution is -2.38. The van der Waals surface area contributed by atoms with E-state index in [1.165, 1.54) is 19.3 Å². The fraction of sp³-hybridized carbons (Fsp3) is 0.917. The van der Waals surface area contributed by atoms with Crippen LogP contribution in [-0.4, -0.2) is 11.9 Å². The van der Waals surface area contributed by atoms with E-state index in [9.17, 15) is 4.79 Å². The Hall–Kier alpha value is -0.530. The van der Waals surface area contributed by atoms with Gasteiger partial charge in [-0.1, -0.05) is 27.2 Å². The number of piperidine rings is 1. The van der Waals surface area contributed by atoms with Gasteiger partial charge in [-0.05, 0) is 31.1 Å². The van der Waals surface area contributed by atoms with Crippen molar-refractivity contribution in [1.29, 1.82) is 0 Å². The zero-order valence-corrected chi connectivity index (χ0v) is 9.73. The van der Waals surface area contributed by atoms with Gasteiger partial charge >= 0.3 is 0 Å². The number of rotatable bonds is 3. The van der Waals surface area contributed by atoms with Crippen molar-refractivity contribution in [2.75, 3.05) is 0 Å². The third-order valence-corrected chi connectivity index (χ3v) is 2.80. The van der Waals surface area contributed by atoms with E-state index in [0.717, 1.165) is 19.3 Å². The van der Waals surface area contributed by atoms with Crippen LogP contribution in [0.3, 0.4) is 0 Å². The molecule has 1 amide bonds. The Morgan fingerprint density at radius 2 is 2.14 bits per heavy atom. The minimum Gasteiger partial charge on any atom is -0.353 e. The van der Waals surface area contributed by atoms with E-state index in [1.807, 2.05) is 0 Å². The first kappa shape index (κ1) is 11.5. The van der Waals surface area contributed by atoms with Crippen molar-refractivity contribution < 1.29 is 4.79 Å². The second-order valence-corrected chi connectivity index (χ2v) is 5.61. The molecule has 0 aromatic rings. The Morgan fingerprint density at radius 3 is 2.71 bits per heavy atom. The third kappa shape index (κ3) is 4.64. The third-order valence-electron chi connectivity index (χ3n) is 2.80. The number of hydrogen-bond acceptors (Lipinski definition) is 1. The molecule has 1 saturated heterocycles. The van der Waals surface area contributed by atoms with Crippen molar-refractivity contribution in [2.24, 2.45) is 5.41 Å². The summed E-state index contributed by atoms with van der Waals surface area (Å²) in [6.07, 6.45) is 6.62. The average Bonchev–Trinajstić information content (AvgIpc) is 2.01. The molecule has 1 atom stereocenters. The minimum absolute atomic E-state index is 0.247. The van der Waals surface area contributed by atoms with E-state index in [4.69, 9.17) is 0 Å². The molecule has 0 unspecified atom stereocenters. The van der Waals surface area contributed by atoms with Gasteiger partial charge in [0.2, 0.25) is 5.91 Å². The Kier molecular flexibility index (Phi) is 3.97. The molecule has 14 heavy (non-hydrogen) atoms. The number of hydrogen-bond donors (Lipinski definition) is 1. The van der Waals surface area contributed by atoms with Crippen LogP contribution >= 0.6 is 0 Å². The number of carbonyl (C=O) groups excluding carboxylic acids is 1. The molecule has 1 N–H and O–H groups in total. The van der Waals surface area contributed by atoms with E-state index in [1.54, 1.807) is 0 Å². The van der Waals surface area contributed by atoms with Crippen molar-refractivity contribution in [1.82, 2.24) is 5.32 Å². The highest BCUT2D eigenvalue weighted by Crippen LogP contribution is 2.23. The van der Waals surface area contributed by atoms with Crippen LogP contribution in [0.5, 0.6) is 0 Å². The molecular formula is C12H23NO. The minimum atomic E-state index is 0.247. The normalized spacial score (nSPS) is 23.4. The molecule has 1 aliphatic rings. The molecule has 2 nitrogen and oxygen atoms in total. The zero-order valence-electron chi connectivity index (χ0n) is 9.73. The summed E-state index contributed by atoms with van der Waals surface area (Å²) in [5, 5.41) is 3.06. The maximum absolute atomic E-state index is 11.1. The Morgan fingerprint density at radius 1 is 1.43 bits per heavy atom. The maximum atomic E-state index is 11.1. The highest BCUT2D eigenvalue weighted by atomic mass is 16.1. The van der Waals surface area contributed by atoms with Gasteiger partial charge < -0.3 is 5.32 Å². The average molecular weight is 197 g/mol. The van der Waals surface area contributed by atoms with Gasteiger partial charge in [0, 0.05) is 12.5 Å². The largest absolute Gasteiger partial charge is 0.353 e. The molecular weight excluding hydrogens is 174 g/mol. The quantitative estimate of drug-likeness (QED) is 0.740. The molecule has 0 bridgehead atoms. The lowest BCUT2D eigenvalue weighted by atomic mass is 9.88. The number of carbonyl (C=O) groups is 1. The molecule has 2 heteroatoms.